The molecule has 0 saturated heterocycles. The van der Waals surface area contributed by atoms with E-state index in [9.17, 15) is 4.79 Å². The number of hydrogen-bond donors (Lipinski definition) is 1. The summed E-state index contributed by atoms with van der Waals surface area (Å²) in [6, 6.07) is 10.3. The van der Waals surface area contributed by atoms with Crippen molar-refractivity contribution in [2.24, 2.45) is 0 Å². The maximum Gasteiger partial charge on any atom is 0.242 e. The Morgan fingerprint density at radius 2 is 2.03 bits per heavy atom. The predicted molar refractivity (Wildman–Crippen MR) is 117 cm³/mol. The number of amides is 1. The first kappa shape index (κ1) is 20.1. The van der Waals surface area contributed by atoms with Gasteiger partial charge in [-0.2, -0.15) is 10.2 Å². The van der Waals surface area contributed by atoms with Crippen LogP contribution in [0.25, 0.3) is 22.2 Å². The zero-order valence-corrected chi connectivity index (χ0v) is 17.9. The summed E-state index contributed by atoms with van der Waals surface area (Å²) in [5.41, 5.74) is 5.68. The Morgan fingerprint density at radius 1 is 1.20 bits per heavy atom. The lowest BCUT2D eigenvalue weighted by atomic mass is 10.0. The van der Waals surface area contributed by atoms with E-state index in [4.69, 9.17) is 11.6 Å². The van der Waals surface area contributed by atoms with E-state index in [2.05, 4.69) is 45.6 Å². The molecule has 0 aliphatic heterocycles. The molecule has 0 aliphatic carbocycles. The van der Waals surface area contributed by atoms with Crippen molar-refractivity contribution in [1.29, 1.82) is 0 Å². The Labute approximate surface area is 179 Å². The molecule has 4 aromatic rings. The number of hydrogen-bond acceptors (Lipinski definition) is 4. The summed E-state index contributed by atoms with van der Waals surface area (Å²) >= 11 is 6.17. The highest BCUT2D eigenvalue weighted by molar-refractivity contribution is 6.31. The number of carbonyl (C=O) groups excluding carboxylic acids is 1. The molecule has 4 rings (SSSR count). The van der Waals surface area contributed by atoms with Crippen LogP contribution in [-0.4, -0.2) is 30.5 Å². The summed E-state index contributed by atoms with van der Waals surface area (Å²) in [6.45, 7) is 7.06. The molecule has 3 aromatic heterocycles. The van der Waals surface area contributed by atoms with Crippen LogP contribution in [0.15, 0.2) is 42.7 Å². The summed E-state index contributed by atoms with van der Waals surface area (Å²) in [5.74, 6) is -0.165. The molecule has 0 fully saturated rings. The summed E-state index contributed by atoms with van der Waals surface area (Å²) in [7, 11) is 0. The third-order valence-corrected chi connectivity index (χ3v) is 5.40. The van der Waals surface area contributed by atoms with Crippen LogP contribution in [0.1, 0.15) is 23.9 Å². The maximum absolute atomic E-state index is 12.6. The minimum atomic E-state index is -0.165. The van der Waals surface area contributed by atoms with Gasteiger partial charge in [-0.3, -0.25) is 9.48 Å². The van der Waals surface area contributed by atoms with Gasteiger partial charge >= 0.3 is 0 Å². The Bertz CT molecular complexity index is 1230. The first-order valence-corrected chi connectivity index (χ1v) is 10.2. The van der Waals surface area contributed by atoms with Crippen LogP contribution in [0.2, 0.25) is 5.02 Å². The average Bonchev–Trinajstić information content (AvgIpc) is 3.25. The van der Waals surface area contributed by atoms with Gasteiger partial charge < -0.3 is 5.32 Å². The standard InChI is InChI=1S/C22H23ClN6O/c1-4-28-19(18(23)11-26-28)12-25-20(30)13-29-22-21(15(3)27-29)17(8-9-24-22)16-7-5-6-14(2)10-16/h5-11H,4,12-13H2,1-3H3,(H,25,30). The van der Waals surface area contributed by atoms with Crippen LogP contribution in [0, 0.1) is 13.8 Å². The maximum atomic E-state index is 12.6. The Balaban J connectivity index is 1.59. The number of nitrogens with one attached hydrogen (secondary N) is 1. The van der Waals surface area contributed by atoms with E-state index in [1.54, 1.807) is 21.8 Å². The minimum absolute atomic E-state index is 0.0759. The molecule has 0 saturated carbocycles. The monoisotopic (exact) mass is 422 g/mol. The van der Waals surface area contributed by atoms with Crippen molar-refractivity contribution in [3.8, 4) is 11.1 Å². The van der Waals surface area contributed by atoms with Crippen LogP contribution < -0.4 is 5.32 Å². The fourth-order valence-electron chi connectivity index (χ4n) is 3.66. The zero-order valence-electron chi connectivity index (χ0n) is 17.2. The molecule has 7 nitrogen and oxygen atoms in total. The fourth-order valence-corrected chi connectivity index (χ4v) is 3.86. The molecule has 0 bridgehead atoms. The quantitative estimate of drug-likeness (QED) is 0.511. The molecule has 0 radical (unpaired) electrons. The van der Waals surface area contributed by atoms with E-state index < -0.39 is 0 Å². The largest absolute Gasteiger partial charge is 0.349 e. The average molecular weight is 423 g/mol. The molecule has 0 aliphatic rings. The van der Waals surface area contributed by atoms with Gasteiger partial charge in [0.1, 0.15) is 6.54 Å². The minimum Gasteiger partial charge on any atom is -0.349 e. The summed E-state index contributed by atoms with van der Waals surface area (Å²) in [5, 5.41) is 13.2. The van der Waals surface area contributed by atoms with E-state index in [-0.39, 0.29) is 12.5 Å². The van der Waals surface area contributed by atoms with Gasteiger partial charge in [0.25, 0.3) is 0 Å². The molecule has 1 N–H and O–H groups in total. The summed E-state index contributed by atoms with van der Waals surface area (Å²) < 4.78 is 3.42. The van der Waals surface area contributed by atoms with E-state index in [1.165, 1.54) is 5.56 Å². The van der Waals surface area contributed by atoms with Gasteiger partial charge in [0, 0.05) is 18.1 Å². The number of carbonyl (C=O) groups is 1. The Kier molecular flexibility index (Phi) is 5.55. The highest BCUT2D eigenvalue weighted by atomic mass is 35.5. The van der Waals surface area contributed by atoms with Crippen LogP contribution in [-0.2, 0) is 24.4 Å². The first-order valence-electron chi connectivity index (χ1n) is 9.84. The van der Waals surface area contributed by atoms with Crippen molar-refractivity contribution in [3.05, 3.63) is 64.7 Å². The number of fused-ring (bicyclic) bond motifs is 1. The number of aryl methyl sites for hydroxylation is 3. The van der Waals surface area contributed by atoms with Crippen molar-refractivity contribution in [1.82, 2.24) is 29.9 Å². The topological polar surface area (TPSA) is 77.6 Å². The second kappa shape index (κ2) is 8.28. The molecule has 30 heavy (non-hydrogen) atoms. The van der Waals surface area contributed by atoms with E-state index in [0.717, 1.165) is 27.9 Å². The van der Waals surface area contributed by atoms with Crippen molar-refractivity contribution >= 4 is 28.5 Å². The van der Waals surface area contributed by atoms with Crippen molar-refractivity contribution in [2.45, 2.75) is 40.4 Å². The van der Waals surface area contributed by atoms with Crippen molar-refractivity contribution < 1.29 is 4.79 Å². The molecule has 1 aromatic carbocycles. The molecule has 0 atom stereocenters. The van der Waals surface area contributed by atoms with Gasteiger partial charge in [-0.25, -0.2) is 9.67 Å². The van der Waals surface area contributed by atoms with E-state index >= 15 is 0 Å². The van der Waals surface area contributed by atoms with Crippen molar-refractivity contribution in [3.63, 3.8) is 0 Å². The lowest BCUT2D eigenvalue weighted by Crippen LogP contribution is -2.28. The normalized spacial score (nSPS) is 11.2. The lowest BCUT2D eigenvalue weighted by molar-refractivity contribution is -0.122. The Morgan fingerprint density at radius 3 is 2.80 bits per heavy atom. The summed E-state index contributed by atoms with van der Waals surface area (Å²) in [6.07, 6.45) is 3.35. The lowest BCUT2D eigenvalue weighted by Gasteiger charge is -2.09. The predicted octanol–water partition coefficient (Wildman–Crippen LogP) is 3.90. The second-order valence-corrected chi connectivity index (χ2v) is 7.61. The molecule has 1 amide bonds. The van der Waals surface area contributed by atoms with Gasteiger partial charge in [-0.1, -0.05) is 41.4 Å². The number of rotatable bonds is 6. The van der Waals surface area contributed by atoms with Gasteiger partial charge in [-0.15, -0.1) is 0 Å². The second-order valence-electron chi connectivity index (χ2n) is 7.20. The molecule has 3 heterocycles. The van der Waals surface area contributed by atoms with Gasteiger partial charge in [0.2, 0.25) is 5.91 Å². The van der Waals surface area contributed by atoms with Gasteiger partial charge in [-0.05, 0) is 38.0 Å². The fraction of sp³-hybridized carbons (Fsp3) is 0.273. The van der Waals surface area contributed by atoms with Crippen LogP contribution in [0.3, 0.4) is 0 Å². The smallest absolute Gasteiger partial charge is 0.242 e. The third kappa shape index (κ3) is 3.80. The Hall–Kier alpha value is -3.19. The highest BCUT2D eigenvalue weighted by Crippen LogP contribution is 2.30. The molecule has 0 unspecified atom stereocenters. The number of benzene rings is 1. The SMILES string of the molecule is CCn1ncc(Cl)c1CNC(=O)Cn1nc(C)c2c(-c3cccc(C)c3)ccnc21. The van der Waals surface area contributed by atoms with Crippen LogP contribution in [0.5, 0.6) is 0 Å². The molecule has 8 heteroatoms. The van der Waals surface area contributed by atoms with Crippen LogP contribution >= 0.6 is 11.6 Å². The highest BCUT2D eigenvalue weighted by Gasteiger charge is 2.16. The number of aromatic nitrogens is 5. The molecular weight excluding hydrogens is 400 g/mol. The van der Waals surface area contributed by atoms with E-state index in [0.29, 0.717) is 23.8 Å². The number of pyridine rings is 1. The summed E-state index contributed by atoms with van der Waals surface area (Å²) in [4.78, 5) is 17.1. The number of halogens is 1. The molecule has 154 valence electrons. The number of nitrogens with zero attached hydrogens (tertiary/aromatic N) is 5. The van der Waals surface area contributed by atoms with Crippen LogP contribution in [0.4, 0.5) is 0 Å². The van der Waals surface area contributed by atoms with Crippen molar-refractivity contribution in [2.75, 3.05) is 0 Å². The zero-order chi connectivity index (χ0) is 21.3. The molecular formula is C22H23ClN6O. The third-order valence-electron chi connectivity index (χ3n) is 5.08. The molecule has 0 spiro atoms. The van der Waals surface area contributed by atoms with Gasteiger partial charge in [0.05, 0.1) is 29.2 Å². The van der Waals surface area contributed by atoms with Gasteiger partial charge in [0.15, 0.2) is 5.65 Å². The van der Waals surface area contributed by atoms with E-state index in [1.807, 2.05) is 26.0 Å². The first-order chi connectivity index (χ1) is 14.5.